The molecule has 0 aromatic heterocycles. The average molecular weight is 296 g/mol. The first kappa shape index (κ1) is 15.8. The summed E-state index contributed by atoms with van der Waals surface area (Å²) >= 11 is 0. The third-order valence-electron chi connectivity index (χ3n) is 3.29. The molecule has 2 aromatic rings. The van der Waals surface area contributed by atoms with Gasteiger partial charge in [-0.05, 0) is 38.1 Å². The standard InChI is InChI=1S/C18H20N2O2/c1-13-6-8-16(9-7-13)20-18(22)10-11-19-17-5-3-4-15(12-17)14(2)21/h3-9,12,19H,10-11H2,1-2H3,(H,20,22). The largest absolute Gasteiger partial charge is 0.385 e. The minimum absolute atomic E-state index is 0.0285. The number of rotatable bonds is 6. The molecule has 2 rings (SSSR count). The lowest BCUT2D eigenvalue weighted by atomic mass is 10.1. The maximum absolute atomic E-state index is 11.9. The van der Waals surface area contributed by atoms with Gasteiger partial charge in [0, 0.05) is 29.9 Å². The summed E-state index contributed by atoms with van der Waals surface area (Å²) in [6, 6.07) is 15.0. The van der Waals surface area contributed by atoms with Crippen molar-refractivity contribution in [1.29, 1.82) is 0 Å². The molecule has 1 amide bonds. The summed E-state index contributed by atoms with van der Waals surface area (Å²) in [6.45, 7) is 4.05. The molecule has 0 saturated carbocycles. The van der Waals surface area contributed by atoms with Crippen molar-refractivity contribution in [3.8, 4) is 0 Å². The van der Waals surface area contributed by atoms with Gasteiger partial charge in [0.2, 0.25) is 5.91 Å². The Kier molecular flexibility index (Phi) is 5.31. The first-order chi connectivity index (χ1) is 10.5. The molecule has 114 valence electrons. The topological polar surface area (TPSA) is 58.2 Å². The Labute approximate surface area is 130 Å². The Balaban J connectivity index is 1.80. The second kappa shape index (κ2) is 7.41. The van der Waals surface area contributed by atoms with Crippen LogP contribution in [0.1, 0.15) is 29.3 Å². The Morgan fingerprint density at radius 1 is 1.00 bits per heavy atom. The van der Waals surface area contributed by atoms with E-state index in [-0.39, 0.29) is 11.7 Å². The lowest BCUT2D eigenvalue weighted by Gasteiger charge is -2.08. The molecule has 2 N–H and O–H groups in total. The fraction of sp³-hybridized carbons (Fsp3) is 0.222. The number of aryl methyl sites for hydroxylation is 1. The van der Waals surface area contributed by atoms with Crippen LogP contribution in [0, 0.1) is 6.92 Å². The number of nitrogens with one attached hydrogen (secondary N) is 2. The third kappa shape index (κ3) is 4.74. The Bertz CT molecular complexity index is 663. The lowest BCUT2D eigenvalue weighted by molar-refractivity contribution is -0.115. The molecule has 4 heteroatoms. The smallest absolute Gasteiger partial charge is 0.226 e. The van der Waals surface area contributed by atoms with E-state index in [1.165, 1.54) is 6.92 Å². The molecule has 4 nitrogen and oxygen atoms in total. The van der Waals surface area contributed by atoms with Crippen LogP contribution in [0.25, 0.3) is 0 Å². The molecule has 0 atom stereocenters. The van der Waals surface area contributed by atoms with E-state index in [1.54, 1.807) is 12.1 Å². The Morgan fingerprint density at radius 2 is 1.73 bits per heavy atom. The number of hydrogen-bond acceptors (Lipinski definition) is 3. The maximum Gasteiger partial charge on any atom is 0.226 e. The van der Waals surface area contributed by atoms with E-state index in [1.807, 2.05) is 43.3 Å². The molecule has 0 spiro atoms. The van der Waals surface area contributed by atoms with Gasteiger partial charge in [0.05, 0.1) is 0 Å². The predicted molar refractivity (Wildman–Crippen MR) is 89.4 cm³/mol. The SMILES string of the molecule is CC(=O)c1cccc(NCCC(=O)Nc2ccc(C)cc2)c1. The molecule has 22 heavy (non-hydrogen) atoms. The van der Waals surface area contributed by atoms with E-state index in [4.69, 9.17) is 0 Å². The van der Waals surface area contributed by atoms with Gasteiger partial charge < -0.3 is 10.6 Å². The third-order valence-corrected chi connectivity index (χ3v) is 3.29. The van der Waals surface area contributed by atoms with Crippen molar-refractivity contribution in [2.24, 2.45) is 0 Å². The summed E-state index contributed by atoms with van der Waals surface area (Å²) in [5, 5.41) is 6.00. The van der Waals surface area contributed by atoms with Crippen molar-refractivity contribution in [1.82, 2.24) is 0 Å². The molecule has 0 radical (unpaired) electrons. The molecule has 0 aliphatic heterocycles. The summed E-state index contributed by atoms with van der Waals surface area (Å²) in [4.78, 5) is 23.2. The van der Waals surface area contributed by atoms with E-state index < -0.39 is 0 Å². The molecule has 0 unspecified atom stereocenters. The van der Waals surface area contributed by atoms with Gasteiger partial charge in [-0.2, -0.15) is 0 Å². The normalized spacial score (nSPS) is 10.1. The average Bonchev–Trinajstić information content (AvgIpc) is 2.50. The first-order valence-corrected chi connectivity index (χ1v) is 7.26. The second-order valence-corrected chi connectivity index (χ2v) is 5.23. The fourth-order valence-electron chi connectivity index (χ4n) is 2.03. The lowest BCUT2D eigenvalue weighted by Crippen LogP contribution is -2.16. The summed E-state index contributed by atoms with van der Waals surface area (Å²) in [5.41, 5.74) is 3.46. The minimum Gasteiger partial charge on any atom is -0.385 e. The highest BCUT2D eigenvalue weighted by Gasteiger charge is 2.03. The van der Waals surface area contributed by atoms with Crippen LogP contribution in [-0.4, -0.2) is 18.2 Å². The number of amides is 1. The quantitative estimate of drug-likeness (QED) is 0.800. The summed E-state index contributed by atoms with van der Waals surface area (Å²) in [6.07, 6.45) is 0.359. The van der Waals surface area contributed by atoms with Gasteiger partial charge in [-0.25, -0.2) is 0 Å². The van der Waals surface area contributed by atoms with E-state index in [0.717, 1.165) is 16.9 Å². The predicted octanol–water partition coefficient (Wildman–Crippen LogP) is 3.64. The number of carbonyl (C=O) groups excluding carboxylic acids is 2. The summed E-state index contributed by atoms with van der Waals surface area (Å²) in [7, 11) is 0. The zero-order valence-corrected chi connectivity index (χ0v) is 12.8. The molecule has 0 aliphatic rings. The summed E-state index contributed by atoms with van der Waals surface area (Å²) in [5.74, 6) is -0.0140. The van der Waals surface area contributed by atoms with Crippen LogP contribution < -0.4 is 10.6 Å². The van der Waals surface area contributed by atoms with Crippen molar-refractivity contribution in [2.75, 3.05) is 17.2 Å². The van der Waals surface area contributed by atoms with Crippen LogP contribution in [0.5, 0.6) is 0 Å². The number of carbonyl (C=O) groups is 2. The highest BCUT2D eigenvalue weighted by molar-refractivity contribution is 5.95. The Hall–Kier alpha value is -2.62. The van der Waals surface area contributed by atoms with Crippen LogP contribution >= 0.6 is 0 Å². The zero-order chi connectivity index (χ0) is 15.9. The van der Waals surface area contributed by atoms with Gasteiger partial charge in [0.25, 0.3) is 0 Å². The van der Waals surface area contributed by atoms with Crippen molar-refractivity contribution in [2.45, 2.75) is 20.3 Å². The molecule has 0 heterocycles. The molecule has 2 aromatic carbocycles. The van der Waals surface area contributed by atoms with Gasteiger partial charge >= 0.3 is 0 Å². The number of anilines is 2. The molecule has 0 fully saturated rings. The van der Waals surface area contributed by atoms with Crippen LogP contribution in [0.4, 0.5) is 11.4 Å². The summed E-state index contributed by atoms with van der Waals surface area (Å²) < 4.78 is 0. The second-order valence-electron chi connectivity index (χ2n) is 5.23. The van der Waals surface area contributed by atoms with E-state index in [0.29, 0.717) is 18.5 Å². The molecule has 0 aliphatic carbocycles. The number of Topliss-reactive ketones (excluding diaryl/α,β-unsaturated/α-hetero) is 1. The molecule has 0 saturated heterocycles. The van der Waals surface area contributed by atoms with Crippen LogP contribution in [0.15, 0.2) is 48.5 Å². The number of benzene rings is 2. The van der Waals surface area contributed by atoms with Gasteiger partial charge in [-0.3, -0.25) is 9.59 Å². The van der Waals surface area contributed by atoms with Crippen molar-refractivity contribution >= 4 is 23.1 Å². The molecule has 0 bridgehead atoms. The van der Waals surface area contributed by atoms with Crippen LogP contribution in [-0.2, 0) is 4.79 Å². The zero-order valence-electron chi connectivity index (χ0n) is 12.8. The molecular weight excluding hydrogens is 276 g/mol. The first-order valence-electron chi connectivity index (χ1n) is 7.26. The van der Waals surface area contributed by atoms with E-state index in [2.05, 4.69) is 10.6 Å². The van der Waals surface area contributed by atoms with Crippen molar-refractivity contribution in [3.63, 3.8) is 0 Å². The molecular formula is C18H20N2O2. The number of ketones is 1. The van der Waals surface area contributed by atoms with Gasteiger partial charge in [0.15, 0.2) is 5.78 Å². The van der Waals surface area contributed by atoms with Gasteiger partial charge in [0.1, 0.15) is 0 Å². The fourth-order valence-corrected chi connectivity index (χ4v) is 2.03. The van der Waals surface area contributed by atoms with Gasteiger partial charge in [-0.15, -0.1) is 0 Å². The van der Waals surface area contributed by atoms with Crippen molar-refractivity contribution < 1.29 is 9.59 Å². The van der Waals surface area contributed by atoms with Crippen LogP contribution in [0.3, 0.4) is 0 Å². The Morgan fingerprint density at radius 3 is 2.41 bits per heavy atom. The number of hydrogen-bond donors (Lipinski definition) is 2. The monoisotopic (exact) mass is 296 g/mol. The van der Waals surface area contributed by atoms with E-state index in [9.17, 15) is 9.59 Å². The van der Waals surface area contributed by atoms with Crippen molar-refractivity contribution in [3.05, 3.63) is 59.7 Å². The highest BCUT2D eigenvalue weighted by Crippen LogP contribution is 2.12. The van der Waals surface area contributed by atoms with Gasteiger partial charge in [-0.1, -0.05) is 29.8 Å². The maximum atomic E-state index is 11.9. The minimum atomic E-state index is -0.0425. The van der Waals surface area contributed by atoms with E-state index >= 15 is 0 Å². The highest BCUT2D eigenvalue weighted by atomic mass is 16.1. The van der Waals surface area contributed by atoms with Crippen LogP contribution in [0.2, 0.25) is 0 Å².